The van der Waals surface area contributed by atoms with E-state index in [0.29, 0.717) is 13.1 Å². The Morgan fingerprint density at radius 3 is 2.81 bits per heavy atom. The number of likely N-dealkylation sites (N-methyl/N-ethyl adjacent to an activating group) is 1. The fourth-order valence-electron chi connectivity index (χ4n) is 1.61. The van der Waals surface area contributed by atoms with E-state index in [1.807, 2.05) is 36.3 Å². The van der Waals surface area contributed by atoms with Gasteiger partial charge in [-0.3, -0.25) is 4.79 Å². The maximum absolute atomic E-state index is 12.0. The Hall–Kier alpha value is -0.870. The fourth-order valence-corrected chi connectivity index (χ4v) is 2.32. The van der Waals surface area contributed by atoms with Crippen LogP contribution >= 0.6 is 11.3 Å². The van der Waals surface area contributed by atoms with E-state index in [-0.39, 0.29) is 11.9 Å². The van der Waals surface area contributed by atoms with Gasteiger partial charge in [0.1, 0.15) is 0 Å². The van der Waals surface area contributed by atoms with E-state index in [9.17, 15) is 4.79 Å². The molecule has 4 heteroatoms. The molecule has 0 radical (unpaired) electrons. The van der Waals surface area contributed by atoms with Gasteiger partial charge in [0.15, 0.2) is 0 Å². The molecule has 0 fully saturated rings. The lowest BCUT2D eigenvalue weighted by Gasteiger charge is -2.23. The number of amides is 1. The number of hydrogen-bond acceptors (Lipinski definition) is 3. The Labute approximate surface area is 101 Å². The molecule has 1 heterocycles. The van der Waals surface area contributed by atoms with Crippen LogP contribution < -0.4 is 5.73 Å². The highest BCUT2D eigenvalue weighted by atomic mass is 32.1. The summed E-state index contributed by atoms with van der Waals surface area (Å²) in [5.74, 6) is 0.0674. The van der Waals surface area contributed by atoms with Gasteiger partial charge in [0.25, 0.3) is 0 Å². The Morgan fingerprint density at radius 1 is 1.56 bits per heavy atom. The Morgan fingerprint density at radius 2 is 2.31 bits per heavy atom. The van der Waals surface area contributed by atoms with Crippen molar-refractivity contribution in [3.8, 4) is 0 Å². The predicted octanol–water partition coefficient (Wildman–Crippen LogP) is 2.22. The minimum absolute atomic E-state index is 0.0674. The highest BCUT2D eigenvalue weighted by Crippen LogP contribution is 2.12. The molecule has 0 spiro atoms. The Bertz CT molecular complexity index is 311. The molecule has 90 valence electrons. The summed E-state index contributed by atoms with van der Waals surface area (Å²) in [7, 11) is 0. The van der Waals surface area contributed by atoms with Crippen molar-refractivity contribution < 1.29 is 4.79 Å². The van der Waals surface area contributed by atoms with Crippen molar-refractivity contribution in [3.63, 3.8) is 0 Å². The third-order valence-corrected chi connectivity index (χ3v) is 3.40. The van der Waals surface area contributed by atoms with E-state index in [4.69, 9.17) is 5.73 Å². The molecule has 0 aliphatic rings. The molecular weight excluding hydrogens is 220 g/mol. The first-order valence-corrected chi connectivity index (χ1v) is 6.63. The van der Waals surface area contributed by atoms with E-state index < -0.39 is 0 Å². The summed E-state index contributed by atoms with van der Waals surface area (Å²) in [6.45, 7) is 5.44. The van der Waals surface area contributed by atoms with Gasteiger partial charge < -0.3 is 10.6 Å². The fraction of sp³-hybridized carbons (Fsp3) is 0.583. The van der Waals surface area contributed by atoms with Gasteiger partial charge in [-0.25, -0.2) is 0 Å². The van der Waals surface area contributed by atoms with E-state index in [1.165, 1.54) is 4.88 Å². The molecule has 0 aromatic carbocycles. The summed E-state index contributed by atoms with van der Waals surface area (Å²) in [6, 6.07) is 3.71. The van der Waals surface area contributed by atoms with Crippen LogP contribution in [0.15, 0.2) is 17.5 Å². The summed E-state index contributed by atoms with van der Waals surface area (Å²) in [5.41, 5.74) is 5.85. The van der Waals surface area contributed by atoms with Gasteiger partial charge in [-0.2, -0.15) is 0 Å². The minimum Gasteiger partial charge on any atom is -0.336 e. The zero-order valence-corrected chi connectivity index (χ0v) is 10.8. The number of carbonyl (C=O) groups is 1. The molecule has 1 aromatic heterocycles. The maximum atomic E-state index is 12.0. The highest BCUT2D eigenvalue weighted by molar-refractivity contribution is 7.09. The largest absolute Gasteiger partial charge is 0.336 e. The molecule has 1 atom stereocenters. The van der Waals surface area contributed by atoms with Crippen LogP contribution in [-0.2, 0) is 11.3 Å². The molecule has 3 nitrogen and oxygen atoms in total. The summed E-state index contributed by atoms with van der Waals surface area (Å²) >= 11 is 1.67. The SMILES string of the molecule is CCC[C@@H](N)C(=O)N(CC)Cc1cccs1. The quantitative estimate of drug-likeness (QED) is 0.828. The van der Waals surface area contributed by atoms with E-state index in [0.717, 1.165) is 12.8 Å². The van der Waals surface area contributed by atoms with E-state index >= 15 is 0 Å². The standard InChI is InChI=1S/C12H20N2OS/c1-3-6-11(13)12(15)14(4-2)9-10-7-5-8-16-10/h5,7-8,11H,3-4,6,9,13H2,1-2H3/t11-/m1/s1. The molecular formula is C12H20N2OS. The normalized spacial score (nSPS) is 12.4. The summed E-state index contributed by atoms with van der Waals surface area (Å²) in [4.78, 5) is 15.0. The maximum Gasteiger partial charge on any atom is 0.239 e. The van der Waals surface area contributed by atoms with E-state index in [1.54, 1.807) is 11.3 Å². The van der Waals surface area contributed by atoms with Gasteiger partial charge >= 0.3 is 0 Å². The third-order valence-electron chi connectivity index (χ3n) is 2.54. The second-order valence-corrected chi connectivity index (χ2v) is 4.86. The molecule has 2 N–H and O–H groups in total. The molecule has 0 saturated heterocycles. The van der Waals surface area contributed by atoms with Gasteiger partial charge in [-0.15, -0.1) is 11.3 Å². The van der Waals surface area contributed by atoms with E-state index in [2.05, 4.69) is 0 Å². The van der Waals surface area contributed by atoms with Gasteiger partial charge in [-0.05, 0) is 24.8 Å². The van der Waals surface area contributed by atoms with Crippen molar-refractivity contribution >= 4 is 17.2 Å². The number of carbonyl (C=O) groups excluding carboxylic acids is 1. The van der Waals surface area contributed by atoms with Crippen LogP contribution in [0.25, 0.3) is 0 Å². The molecule has 1 rings (SSSR count). The molecule has 0 saturated carbocycles. The van der Waals surface area contributed by atoms with Crippen LogP contribution in [0.1, 0.15) is 31.6 Å². The second kappa shape index (κ2) is 6.66. The van der Waals surface area contributed by atoms with Crippen molar-refractivity contribution in [2.24, 2.45) is 5.73 Å². The number of thiophene rings is 1. The lowest BCUT2D eigenvalue weighted by molar-refractivity contribution is -0.133. The van der Waals surface area contributed by atoms with Crippen molar-refractivity contribution in [2.45, 2.75) is 39.3 Å². The number of nitrogens with two attached hydrogens (primary N) is 1. The van der Waals surface area contributed by atoms with Crippen LogP contribution in [-0.4, -0.2) is 23.4 Å². The topological polar surface area (TPSA) is 46.3 Å². The van der Waals surface area contributed by atoms with Crippen LogP contribution in [0.2, 0.25) is 0 Å². The number of nitrogens with zero attached hydrogens (tertiary/aromatic N) is 1. The third kappa shape index (κ3) is 3.61. The summed E-state index contributed by atoms with van der Waals surface area (Å²) in [5, 5.41) is 2.03. The predicted molar refractivity (Wildman–Crippen MR) is 68.3 cm³/mol. The van der Waals surface area contributed by atoms with Gasteiger partial charge in [-0.1, -0.05) is 19.4 Å². The van der Waals surface area contributed by atoms with Crippen LogP contribution in [0.4, 0.5) is 0 Å². The number of rotatable bonds is 6. The van der Waals surface area contributed by atoms with Crippen molar-refractivity contribution in [1.29, 1.82) is 0 Å². The van der Waals surface area contributed by atoms with Crippen molar-refractivity contribution in [3.05, 3.63) is 22.4 Å². The average Bonchev–Trinajstić information content (AvgIpc) is 2.78. The van der Waals surface area contributed by atoms with Gasteiger partial charge in [0.2, 0.25) is 5.91 Å². The molecule has 1 amide bonds. The summed E-state index contributed by atoms with van der Waals surface area (Å²) in [6.07, 6.45) is 1.71. The first kappa shape index (κ1) is 13.2. The smallest absolute Gasteiger partial charge is 0.239 e. The molecule has 16 heavy (non-hydrogen) atoms. The van der Waals surface area contributed by atoms with Gasteiger partial charge in [0, 0.05) is 11.4 Å². The summed E-state index contributed by atoms with van der Waals surface area (Å²) < 4.78 is 0. The number of hydrogen-bond donors (Lipinski definition) is 1. The minimum atomic E-state index is -0.343. The van der Waals surface area contributed by atoms with Crippen LogP contribution in [0, 0.1) is 0 Å². The second-order valence-electron chi connectivity index (χ2n) is 3.83. The molecule has 0 bridgehead atoms. The van der Waals surface area contributed by atoms with Crippen LogP contribution in [0.3, 0.4) is 0 Å². The highest BCUT2D eigenvalue weighted by Gasteiger charge is 2.19. The van der Waals surface area contributed by atoms with Gasteiger partial charge in [0.05, 0.1) is 12.6 Å². The first-order valence-electron chi connectivity index (χ1n) is 5.75. The zero-order chi connectivity index (χ0) is 12.0. The Balaban J connectivity index is 2.56. The lowest BCUT2D eigenvalue weighted by Crippen LogP contribution is -2.43. The lowest BCUT2D eigenvalue weighted by atomic mass is 10.1. The Kier molecular flexibility index (Phi) is 5.49. The first-order chi connectivity index (χ1) is 7.69. The molecule has 0 aliphatic carbocycles. The van der Waals surface area contributed by atoms with Crippen molar-refractivity contribution in [2.75, 3.05) is 6.54 Å². The zero-order valence-electron chi connectivity index (χ0n) is 9.98. The molecule has 0 aliphatic heterocycles. The molecule has 1 aromatic rings. The molecule has 0 unspecified atom stereocenters. The van der Waals surface area contributed by atoms with Crippen LogP contribution in [0.5, 0.6) is 0 Å². The average molecular weight is 240 g/mol. The monoisotopic (exact) mass is 240 g/mol. The van der Waals surface area contributed by atoms with Crippen molar-refractivity contribution in [1.82, 2.24) is 4.90 Å².